The summed E-state index contributed by atoms with van der Waals surface area (Å²) in [5, 5.41) is 3.45. The smallest absolute Gasteiger partial charge is 0.243 e. The van der Waals surface area contributed by atoms with E-state index in [4.69, 9.17) is 0 Å². The summed E-state index contributed by atoms with van der Waals surface area (Å²) in [7, 11) is 3.55. The van der Waals surface area contributed by atoms with Gasteiger partial charge in [0.25, 0.3) is 0 Å². The Morgan fingerprint density at radius 3 is 2.54 bits per heavy atom. The zero-order chi connectivity index (χ0) is 17.9. The lowest BCUT2D eigenvalue weighted by atomic mass is 10.1. The highest BCUT2D eigenvalue weighted by Gasteiger charge is 2.26. The van der Waals surface area contributed by atoms with Crippen LogP contribution in [0.5, 0.6) is 0 Å². The largest absolute Gasteiger partial charge is 0.356 e. The quantitative estimate of drug-likeness (QED) is 0.393. The second-order valence-corrected chi connectivity index (χ2v) is 6.79. The van der Waals surface area contributed by atoms with Gasteiger partial charge < -0.3 is 20.0 Å². The van der Waals surface area contributed by atoms with Crippen LogP contribution >= 0.6 is 0 Å². The molecule has 1 aliphatic rings. The predicted octanol–water partition coefficient (Wildman–Crippen LogP) is 1.48. The summed E-state index contributed by atoms with van der Waals surface area (Å²) >= 11 is 0. The molecule has 0 spiro atoms. The second-order valence-electron chi connectivity index (χ2n) is 6.79. The summed E-state index contributed by atoms with van der Waals surface area (Å²) < 4.78 is 0. The molecule has 1 atom stereocenters. The Labute approximate surface area is 148 Å². The number of hydrogen-bond donors (Lipinski definition) is 1. The van der Waals surface area contributed by atoms with Gasteiger partial charge in [-0.25, -0.2) is 4.99 Å². The van der Waals surface area contributed by atoms with Crippen LogP contribution in [0.2, 0.25) is 0 Å². The van der Waals surface area contributed by atoms with Crippen molar-refractivity contribution in [3.05, 3.63) is 0 Å². The number of nitrogens with zero attached hydrogens (tertiary/aromatic N) is 4. The zero-order valence-electron chi connectivity index (χ0n) is 16.3. The molecule has 0 aromatic heterocycles. The van der Waals surface area contributed by atoms with Gasteiger partial charge in [0.15, 0.2) is 5.96 Å². The summed E-state index contributed by atoms with van der Waals surface area (Å²) in [6, 6.07) is 0. The topological polar surface area (TPSA) is 51.2 Å². The molecule has 1 rings (SSSR count). The number of rotatable bonds is 9. The minimum Gasteiger partial charge on any atom is -0.356 e. The van der Waals surface area contributed by atoms with Gasteiger partial charge in [-0.3, -0.25) is 4.79 Å². The molecular weight excluding hydrogens is 302 g/mol. The number of carbonyl (C=O) groups is 1. The zero-order valence-corrected chi connectivity index (χ0v) is 16.3. The van der Waals surface area contributed by atoms with E-state index in [1.54, 1.807) is 19.0 Å². The Morgan fingerprint density at radius 1 is 1.25 bits per heavy atom. The Bertz CT molecular complexity index is 393. The monoisotopic (exact) mass is 339 g/mol. The number of carbonyl (C=O) groups excluding carboxylic acids is 1. The first kappa shape index (κ1) is 20.7. The highest BCUT2D eigenvalue weighted by molar-refractivity contribution is 5.85. The molecule has 0 aliphatic carbocycles. The van der Waals surface area contributed by atoms with Crippen LogP contribution in [0.25, 0.3) is 0 Å². The summed E-state index contributed by atoms with van der Waals surface area (Å²) in [4.78, 5) is 22.8. The molecule has 6 nitrogen and oxygen atoms in total. The Kier molecular flexibility index (Phi) is 9.76. The normalized spacial score (nSPS) is 18.3. The molecule has 1 amide bonds. The molecule has 1 saturated heterocycles. The van der Waals surface area contributed by atoms with Crippen LogP contribution in [0, 0.1) is 5.92 Å². The highest BCUT2D eigenvalue weighted by Crippen LogP contribution is 2.17. The van der Waals surface area contributed by atoms with Crippen LogP contribution in [0.1, 0.15) is 40.0 Å². The molecule has 1 heterocycles. The van der Waals surface area contributed by atoms with Crippen molar-refractivity contribution < 1.29 is 4.79 Å². The first-order chi connectivity index (χ1) is 11.5. The van der Waals surface area contributed by atoms with E-state index in [1.165, 1.54) is 6.42 Å². The van der Waals surface area contributed by atoms with Crippen molar-refractivity contribution in [2.24, 2.45) is 10.9 Å². The van der Waals surface area contributed by atoms with E-state index in [1.807, 2.05) is 0 Å². The average Bonchev–Trinajstić information content (AvgIpc) is 3.03. The molecule has 1 N–H and O–H groups in total. The molecule has 24 heavy (non-hydrogen) atoms. The number of aliphatic imine (C=N–C) groups is 1. The van der Waals surface area contributed by atoms with Gasteiger partial charge in [0.1, 0.15) is 6.54 Å². The average molecular weight is 340 g/mol. The number of unbranched alkanes of at least 4 members (excludes halogenated alkanes) is 1. The first-order valence-electron chi connectivity index (χ1n) is 9.47. The van der Waals surface area contributed by atoms with Gasteiger partial charge in [0.2, 0.25) is 5.91 Å². The SMILES string of the molecule is CCCCNC(=NCC(=O)N(C)C)N1CCC(CN(CC)CC)C1. The number of amides is 1. The van der Waals surface area contributed by atoms with Crippen LogP contribution in [-0.4, -0.2) is 86.5 Å². The van der Waals surface area contributed by atoms with E-state index in [-0.39, 0.29) is 12.5 Å². The third-order valence-corrected chi connectivity index (χ3v) is 4.67. The maximum atomic E-state index is 11.8. The summed E-state index contributed by atoms with van der Waals surface area (Å²) in [6.45, 7) is 13.2. The molecular formula is C18H37N5O. The molecule has 0 aromatic rings. The Balaban J connectivity index is 2.62. The number of likely N-dealkylation sites (tertiary alicyclic amines) is 1. The van der Waals surface area contributed by atoms with Crippen molar-refractivity contribution in [2.45, 2.75) is 40.0 Å². The van der Waals surface area contributed by atoms with Crippen LogP contribution in [0.15, 0.2) is 4.99 Å². The lowest BCUT2D eigenvalue weighted by Crippen LogP contribution is -2.42. The molecule has 0 radical (unpaired) electrons. The van der Waals surface area contributed by atoms with Crippen LogP contribution in [-0.2, 0) is 4.79 Å². The lowest BCUT2D eigenvalue weighted by molar-refractivity contribution is -0.127. The third-order valence-electron chi connectivity index (χ3n) is 4.67. The fourth-order valence-corrected chi connectivity index (χ4v) is 2.95. The van der Waals surface area contributed by atoms with Crippen LogP contribution in [0.3, 0.4) is 0 Å². The van der Waals surface area contributed by atoms with Gasteiger partial charge in [0, 0.05) is 40.3 Å². The van der Waals surface area contributed by atoms with Crippen molar-refractivity contribution in [1.29, 1.82) is 0 Å². The van der Waals surface area contributed by atoms with Crippen LogP contribution in [0.4, 0.5) is 0 Å². The maximum Gasteiger partial charge on any atom is 0.243 e. The Morgan fingerprint density at radius 2 is 1.96 bits per heavy atom. The molecule has 0 saturated carbocycles. The molecule has 140 valence electrons. The summed E-state index contributed by atoms with van der Waals surface area (Å²) in [5.74, 6) is 1.64. The molecule has 6 heteroatoms. The van der Waals surface area contributed by atoms with E-state index in [2.05, 4.69) is 40.9 Å². The predicted molar refractivity (Wildman–Crippen MR) is 101 cm³/mol. The molecule has 1 fully saturated rings. The molecule has 1 aliphatic heterocycles. The van der Waals surface area contributed by atoms with E-state index in [9.17, 15) is 4.79 Å². The minimum absolute atomic E-state index is 0.0451. The van der Waals surface area contributed by atoms with Gasteiger partial charge >= 0.3 is 0 Å². The van der Waals surface area contributed by atoms with E-state index in [0.717, 1.165) is 58.1 Å². The number of hydrogen-bond acceptors (Lipinski definition) is 3. The summed E-state index contributed by atoms with van der Waals surface area (Å²) in [5.41, 5.74) is 0. The van der Waals surface area contributed by atoms with E-state index >= 15 is 0 Å². The number of likely N-dealkylation sites (N-methyl/N-ethyl adjacent to an activating group) is 1. The van der Waals surface area contributed by atoms with Crippen LogP contribution < -0.4 is 5.32 Å². The molecule has 0 bridgehead atoms. The molecule has 0 aromatic carbocycles. The van der Waals surface area contributed by atoms with Crippen molar-refractivity contribution >= 4 is 11.9 Å². The second kappa shape index (κ2) is 11.3. The van der Waals surface area contributed by atoms with Crippen molar-refractivity contribution in [1.82, 2.24) is 20.0 Å². The number of nitrogens with one attached hydrogen (secondary N) is 1. The Hall–Kier alpha value is -1.30. The van der Waals surface area contributed by atoms with Gasteiger partial charge in [-0.05, 0) is 31.8 Å². The first-order valence-corrected chi connectivity index (χ1v) is 9.47. The van der Waals surface area contributed by atoms with Gasteiger partial charge in [-0.15, -0.1) is 0 Å². The standard InChI is InChI=1S/C18H37N5O/c1-6-9-11-19-18(20-13-17(24)21(4)5)23-12-10-16(15-23)14-22(7-2)8-3/h16H,6-15H2,1-5H3,(H,19,20). The highest BCUT2D eigenvalue weighted by atomic mass is 16.2. The van der Waals surface area contributed by atoms with E-state index in [0.29, 0.717) is 5.92 Å². The number of guanidine groups is 1. The maximum absolute atomic E-state index is 11.8. The van der Waals surface area contributed by atoms with Gasteiger partial charge in [0.05, 0.1) is 0 Å². The van der Waals surface area contributed by atoms with Gasteiger partial charge in [-0.2, -0.15) is 0 Å². The van der Waals surface area contributed by atoms with E-state index < -0.39 is 0 Å². The summed E-state index contributed by atoms with van der Waals surface area (Å²) in [6.07, 6.45) is 3.48. The third kappa shape index (κ3) is 7.07. The molecule has 1 unspecified atom stereocenters. The fraction of sp³-hybridized carbons (Fsp3) is 0.889. The van der Waals surface area contributed by atoms with Crippen molar-refractivity contribution in [3.8, 4) is 0 Å². The fourth-order valence-electron chi connectivity index (χ4n) is 2.95. The van der Waals surface area contributed by atoms with Crippen molar-refractivity contribution in [3.63, 3.8) is 0 Å². The minimum atomic E-state index is 0.0451. The van der Waals surface area contributed by atoms with Crippen molar-refractivity contribution in [2.75, 3.05) is 59.9 Å². The lowest BCUT2D eigenvalue weighted by Gasteiger charge is -2.24. The van der Waals surface area contributed by atoms with Gasteiger partial charge in [-0.1, -0.05) is 27.2 Å².